The Labute approximate surface area is 129 Å². The monoisotopic (exact) mass is 312 g/mol. The van der Waals surface area contributed by atoms with E-state index in [0.29, 0.717) is 11.1 Å². The summed E-state index contributed by atoms with van der Waals surface area (Å²) in [5.74, 6) is -0.964. The highest BCUT2D eigenvalue weighted by Crippen LogP contribution is 2.20. The van der Waals surface area contributed by atoms with Crippen LogP contribution < -0.4 is 5.76 Å². The van der Waals surface area contributed by atoms with Gasteiger partial charge in [0.25, 0.3) is 5.69 Å². The Hall–Kier alpha value is -3.22. The Morgan fingerprint density at radius 1 is 1.22 bits per heavy atom. The molecule has 0 fully saturated rings. The van der Waals surface area contributed by atoms with Gasteiger partial charge in [-0.25, -0.2) is 4.79 Å². The van der Waals surface area contributed by atoms with E-state index in [0.717, 1.165) is 5.56 Å². The van der Waals surface area contributed by atoms with E-state index in [1.54, 1.807) is 12.1 Å². The molecule has 7 heteroatoms. The van der Waals surface area contributed by atoms with Gasteiger partial charge in [-0.15, -0.1) is 0 Å². The predicted octanol–water partition coefficient (Wildman–Crippen LogP) is 2.69. The summed E-state index contributed by atoms with van der Waals surface area (Å²) >= 11 is 0. The van der Waals surface area contributed by atoms with E-state index in [1.807, 2.05) is 19.1 Å². The van der Waals surface area contributed by atoms with Gasteiger partial charge in [0, 0.05) is 11.6 Å². The van der Waals surface area contributed by atoms with Gasteiger partial charge in [0.05, 0.1) is 23.1 Å². The third kappa shape index (κ3) is 2.76. The van der Waals surface area contributed by atoms with Crippen LogP contribution in [-0.2, 0) is 6.54 Å². The van der Waals surface area contributed by atoms with Gasteiger partial charge in [-0.3, -0.25) is 19.5 Å². The van der Waals surface area contributed by atoms with Crippen molar-refractivity contribution in [3.63, 3.8) is 0 Å². The number of aryl methyl sites for hydroxylation is 1. The van der Waals surface area contributed by atoms with Gasteiger partial charge in [0.2, 0.25) is 0 Å². The van der Waals surface area contributed by atoms with Crippen LogP contribution >= 0.6 is 0 Å². The zero-order valence-corrected chi connectivity index (χ0v) is 12.2. The highest BCUT2D eigenvalue weighted by Gasteiger charge is 2.16. The summed E-state index contributed by atoms with van der Waals surface area (Å²) in [5, 5.41) is 10.8. The highest BCUT2D eigenvalue weighted by atomic mass is 16.6. The average molecular weight is 312 g/mol. The van der Waals surface area contributed by atoms with Crippen LogP contribution in [0.5, 0.6) is 0 Å². The van der Waals surface area contributed by atoms with Crippen molar-refractivity contribution in [2.45, 2.75) is 13.5 Å². The van der Waals surface area contributed by atoms with Crippen LogP contribution in [0.3, 0.4) is 0 Å². The molecule has 0 aliphatic carbocycles. The number of nitrogens with zero attached hydrogens (tertiary/aromatic N) is 2. The van der Waals surface area contributed by atoms with E-state index in [4.69, 9.17) is 4.42 Å². The van der Waals surface area contributed by atoms with E-state index < -0.39 is 10.7 Å². The van der Waals surface area contributed by atoms with E-state index >= 15 is 0 Å². The van der Waals surface area contributed by atoms with Crippen molar-refractivity contribution in [2.24, 2.45) is 0 Å². The minimum atomic E-state index is -0.721. The number of hydrogen-bond donors (Lipinski definition) is 0. The van der Waals surface area contributed by atoms with Crippen LogP contribution in [0, 0.1) is 17.0 Å². The number of nitro benzene ring substituents is 1. The number of Topliss-reactive ketones (excluding diaryl/α,β-unsaturated/α-hetero) is 1. The molecule has 0 radical (unpaired) electrons. The number of fused-ring (bicyclic) bond motifs is 1. The van der Waals surface area contributed by atoms with Crippen LogP contribution in [0.15, 0.2) is 51.7 Å². The van der Waals surface area contributed by atoms with Crippen LogP contribution in [0.1, 0.15) is 15.9 Å². The molecule has 0 N–H and O–H groups in total. The Morgan fingerprint density at radius 3 is 2.57 bits per heavy atom. The number of non-ortho nitro benzene ring substituents is 1. The van der Waals surface area contributed by atoms with Crippen LogP contribution in [0.4, 0.5) is 5.69 Å². The maximum atomic E-state index is 12.3. The molecule has 0 saturated heterocycles. The first-order valence-corrected chi connectivity index (χ1v) is 6.83. The van der Waals surface area contributed by atoms with Gasteiger partial charge in [0.1, 0.15) is 0 Å². The summed E-state index contributed by atoms with van der Waals surface area (Å²) < 4.78 is 6.16. The Bertz CT molecular complexity index is 966. The molecule has 2 aromatic carbocycles. The molecule has 0 atom stereocenters. The minimum Gasteiger partial charge on any atom is -0.407 e. The van der Waals surface area contributed by atoms with Gasteiger partial charge in [-0.2, -0.15) is 0 Å². The molecular weight excluding hydrogens is 300 g/mol. The van der Waals surface area contributed by atoms with E-state index in [9.17, 15) is 19.7 Å². The van der Waals surface area contributed by atoms with Crippen LogP contribution in [0.2, 0.25) is 0 Å². The normalized spacial score (nSPS) is 10.8. The fraction of sp³-hybridized carbons (Fsp3) is 0.125. The Morgan fingerprint density at radius 2 is 1.91 bits per heavy atom. The lowest BCUT2D eigenvalue weighted by molar-refractivity contribution is -0.384. The lowest BCUT2D eigenvalue weighted by Gasteiger charge is -2.03. The van der Waals surface area contributed by atoms with Crippen molar-refractivity contribution in [3.05, 3.63) is 74.3 Å². The zero-order valence-electron chi connectivity index (χ0n) is 12.2. The third-order valence-corrected chi connectivity index (χ3v) is 3.54. The summed E-state index contributed by atoms with van der Waals surface area (Å²) in [6.45, 7) is 1.72. The molecule has 3 aromatic rings. The lowest BCUT2D eigenvalue weighted by Crippen LogP contribution is -2.20. The molecule has 1 heterocycles. The molecular formula is C16H12N2O5. The smallest absolute Gasteiger partial charge is 0.407 e. The van der Waals surface area contributed by atoms with Gasteiger partial charge in [-0.1, -0.05) is 29.8 Å². The lowest BCUT2D eigenvalue weighted by atomic mass is 10.1. The number of aromatic nitrogens is 1. The SMILES string of the molecule is Cc1ccc(C(=O)Cn2c(=O)oc3cc([N+](=O)[O-])ccc32)cc1. The number of nitro groups is 1. The van der Waals surface area contributed by atoms with Crippen molar-refractivity contribution in [3.8, 4) is 0 Å². The molecule has 0 unspecified atom stereocenters. The van der Waals surface area contributed by atoms with Crippen LogP contribution in [-0.4, -0.2) is 15.3 Å². The average Bonchev–Trinajstić information content (AvgIpc) is 2.83. The van der Waals surface area contributed by atoms with Crippen molar-refractivity contribution < 1.29 is 14.1 Å². The molecule has 116 valence electrons. The van der Waals surface area contributed by atoms with Crippen molar-refractivity contribution >= 4 is 22.6 Å². The number of hydrogen-bond acceptors (Lipinski definition) is 5. The van der Waals surface area contributed by atoms with Gasteiger partial charge >= 0.3 is 5.76 Å². The summed E-state index contributed by atoms with van der Waals surface area (Å²) in [7, 11) is 0. The molecule has 0 aliphatic heterocycles. The minimum absolute atomic E-state index is 0.0842. The zero-order chi connectivity index (χ0) is 16.6. The number of ketones is 1. The van der Waals surface area contributed by atoms with Crippen molar-refractivity contribution in [1.82, 2.24) is 4.57 Å². The maximum Gasteiger partial charge on any atom is 0.420 e. The second kappa shape index (κ2) is 5.53. The Kier molecular flexibility index (Phi) is 3.53. The predicted molar refractivity (Wildman–Crippen MR) is 82.6 cm³/mol. The number of carbonyl (C=O) groups is 1. The summed E-state index contributed by atoms with van der Waals surface area (Å²) in [6.07, 6.45) is 0. The van der Waals surface area contributed by atoms with Gasteiger partial charge in [0.15, 0.2) is 11.4 Å². The van der Waals surface area contributed by atoms with Crippen LogP contribution in [0.25, 0.3) is 11.1 Å². The van der Waals surface area contributed by atoms with E-state index in [1.165, 1.54) is 22.8 Å². The molecule has 0 bridgehead atoms. The number of carbonyl (C=O) groups excluding carboxylic acids is 1. The molecule has 0 spiro atoms. The van der Waals surface area contributed by atoms with E-state index in [-0.39, 0.29) is 23.6 Å². The summed E-state index contributed by atoms with van der Waals surface area (Å²) in [6, 6.07) is 10.8. The molecule has 0 saturated carbocycles. The summed E-state index contributed by atoms with van der Waals surface area (Å²) in [4.78, 5) is 34.4. The first kappa shape index (κ1) is 14.7. The quantitative estimate of drug-likeness (QED) is 0.419. The number of benzene rings is 2. The maximum absolute atomic E-state index is 12.3. The molecule has 3 rings (SSSR count). The van der Waals surface area contributed by atoms with Crippen molar-refractivity contribution in [2.75, 3.05) is 0 Å². The molecule has 0 amide bonds. The molecule has 0 aliphatic rings. The second-order valence-corrected chi connectivity index (χ2v) is 5.15. The fourth-order valence-electron chi connectivity index (χ4n) is 2.29. The second-order valence-electron chi connectivity index (χ2n) is 5.15. The van der Waals surface area contributed by atoms with Gasteiger partial charge < -0.3 is 4.42 Å². The van der Waals surface area contributed by atoms with Crippen molar-refractivity contribution in [1.29, 1.82) is 0 Å². The highest BCUT2D eigenvalue weighted by molar-refractivity contribution is 5.96. The summed E-state index contributed by atoms with van der Waals surface area (Å²) in [5.41, 5.74) is 1.77. The Balaban J connectivity index is 1.98. The van der Waals surface area contributed by atoms with E-state index in [2.05, 4.69) is 0 Å². The van der Waals surface area contributed by atoms with Gasteiger partial charge in [-0.05, 0) is 13.0 Å². The number of oxazole rings is 1. The fourth-order valence-corrected chi connectivity index (χ4v) is 2.29. The molecule has 23 heavy (non-hydrogen) atoms. The molecule has 1 aromatic heterocycles. The topological polar surface area (TPSA) is 95.3 Å². The first-order valence-electron chi connectivity index (χ1n) is 6.83. The number of rotatable bonds is 4. The largest absolute Gasteiger partial charge is 0.420 e. The first-order chi connectivity index (χ1) is 11.0. The molecule has 7 nitrogen and oxygen atoms in total. The third-order valence-electron chi connectivity index (χ3n) is 3.54. The standard InChI is InChI=1S/C16H12N2O5/c1-10-2-4-11(5-3-10)14(19)9-17-13-7-6-12(18(21)22)8-15(13)23-16(17)20/h2-8H,9H2,1H3.